The van der Waals surface area contributed by atoms with Crippen LogP contribution in [0, 0.1) is 0 Å². The van der Waals surface area contributed by atoms with E-state index in [2.05, 4.69) is 53.1 Å². The van der Waals surface area contributed by atoms with Gasteiger partial charge in [0.1, 0.15) is 0 Å². The van der Waals surface area contributed by atoms with E-state index in [-0.39, 0.29) is 6.04 Å². The maximum Gasteiger partial charge on any atom is 0.0595 e. The van der Waals surface area contributed by atoms with E-state index in [4.69, 9.17) is 11.6 Å². The first kappa shape index (κ1) is 14.9. The van der Waals surface area contributed by atoms with Crippen molar-refractivity contribution in [2.45, 2.75) is 6.04 Å². The number of halogens is 1. The number of hydrogen-bond acceptors (Lipinski definition) is 2. The summed E-state index contributed by atoms with van der Waals surface area (Å²) < 4.78 is 0. The van der Waals surface area contributed by atoms with Crippen LogP contribution in [-0.2, 0) is 0 Å². The van der Waals surface area contributed by atoms with Crippen molar-refractivity contribution >= 4 is 28.1 Å². The van der Waals surface area contributed by atoms with E-state index in [0.29, 0.717) is 0 Å². The van der Waals surface area contributed by atoms with Gasteiger partial charge in [-0.25, -0.2) is 0 Å². The molecule has 0 amide bonds. The predicted octanol–water partition coefficient (Wildman–Crippen LogP) is 4.84. The zero-order valence-electron chi connectivity index (χ0n) is 12.7. The molecule has 0 heterocycles. The molecule has 0 aliphatic rings. The lowest BCUT2D eigenvalue weighted by Crippen LogP contribution is -2.19. The van der Waals surface area contributed by atoms with Crippen molar-refractivity contribution in [1.29, 1.82) is 0 Å². The Morgan fingerprint density at radius 1 is 0.864 bits per heavy atom. The van der Waals surface area contributed by atoms with Gasteiger partial charge >= 0.3 is 0 Å². The van der Waals surface area contributed by atoms with Gasteiger partial charge in [-0.3, -0.25) is 0 Å². The highest BCUT2D eigenvalue weighted by atomic mass is 35.5. The lowest BCUT2D eigenvalue weighted by molar-refractivity contribution is 0.694. The molecule has 1 atom stereocenters. The Balaban J connectivity index is 2.11. The van der Waals surface area contributed by atoms with Crippen LogP contribution in [-0.4, -0.2) is 14.1 Å². The molecule has 0 radical (unpaired) electrons. The van der Waals surface area contributed by atoms with Crippen molar-refractivity contribution in [3.63, 3.8) is 0 Å². The van der Waals surface area contributed by atoms with Crippen LogP contribution in [0.3, 0.4) is 0 Å². The normalized spacial score (nSPS) is 12.3. The van der Waals surface area contributed by atoms with Gasteiger partial charge in [-0.05, 0) is 53.2 Å². The van der Waals surface area contributed by atoms with Gasteiger partial charge in [0.05, 0.1) is 6.04 Å². The van der Waals surface area contributed by atoms with Crippen LogP contribution in [0.5, 0.6) is 0 Å². The second-order valence-corrected chi connectivity index (χ2v) is 5.75. The first-order valence-electron chi connectivity index (χ1n) is 7.36. The Kier molecular flexibility index (Phi) is 4.32. The standard InChI is InChI=1S/C19H19ClN2/c1-21-18-10-9-16(20)12-17(18)19(22-2)15-8-7-13-5-3-4-6-14(13)11-15/h3-12,19,21-22H,1-2H3/t19-/m1/s1. The largest absolute Gasteiger partial charge is 0.388 e. The van der Waals surface area contributed by atoms with Gasteiger partial charge in [-0.2, -0.15) is 0 Å². The number of anilines is 1. The lowest BCUT2D eigenvalue weighted by atomic mass is 9.95. The van der Waals surface area contributed by atoms with Crippen LogP contribution < -0.4 is 10.6 Å². The van der Waals surface area contributed by atoms with Crippen LogP contribution in [0.2, 0.25) is 5.02 Å². The van der Waals surface area contributed by atoms with Crippen molar-refractivity contribution in [1.82, 2.24) is 5.32 Å². The molecule has 0 fully saturated rings. The first-order chi connectivity index (χ1) is 10.7. The van der Waals surface area contributed by atoms with E-state index in [1.165, 1.54) is 16.3 Å². The smallest absolute Gasteiger partial charge is 0.0595 e. The lowest BCUT2D eigenvalue weighted by Gasteiger charge is -2.21. The van der Waals surface area contributed by atoms with Crippen LogP contribution in [0.1, 0.15) is 17.2 Å². The Morgan fingerprint density at radius 2 is 1.64 bits per heavy atom. The van der Waals surface area contributed by atoms with Gasteiger partial charge in [0.15, 0.2) is 0 Å². The van der Waals surface area contributed by atoms with E-state index in [0.717, 1.165) is 16.3 Å². The third kappa shape index (κ3) is 2.80. The molecule has 3 aromatic rings. The van der Waals surface area contributed by atoms with Crippen molar-refractivity contribution in [3.05, 3.63) is 76.8 Å². The van der Waals surface area contributed by atoms with Crippen molar-refractivity contribution in [2.24, 2.45) is 0 Å². The molecule has 112 valence electrons. The van der Waals surface area contributed by atoms with Crippen LogP contribution in [0.25, 0.3) is 10.8 Å². The Bertz CT molecular complexity index is 798. The quantitative estimate of drug-likeness (QED) is 0.720. The molecule has 0 spiro atoms. The molecular formula is C19H19ClN2. The van der Waals surface area contributed by atoms with Gasteiger partial charge < -0.3 is 10.6 Å². The highest BCUT2D eigenvalue weighted by Gasteiger charge is 2.16. The van der Waals surface area contributed by atoms with Gasteiger partial charge in [-0.1, -0.05) is 48.0 Å². The number of benzene rings is 3. The number of nitrogens with one attached hydrogen (secondary N) is 2. The Hall–Kier alpha value is -2.03. The summed E-state index contributed by atoms with van der Waals surface area (Å²) in [6.45, 7) is 0. The average Bonchev–Trinajstić information content (AvgIpc) is 2.56. The minimum atomic E-state index is 0.0887. The topological polar surface area (TPSA) is 24.1 Å². The predicted molar refractivity (Wildman–Crippen MR) is 95.8 cm³/mol. The van der Waals surface area contributed by atoms with E-state index in [1.807, 2.05) is 32.3 Å². The van der Waals surface area contributed by atoms with Crippen LogP contribution >= 0.6 is 11.6 Å². The van der Waals surface area contributed by atoms with Gasteiger partial charge in [0.2, 0.25) is 0 Å². The van der Waals surface area contributed by atoms with Crippen LogP contribution in [0.15, 0.2) is 60.7 Å². The summed E-state index contributed by atoms with van der Waals surface area (Å²) >= 11 is 6.20. The third-order valence-electron chi connectivity index (χ3n) is 3.99. The second kappa shape index (κ2) is 6.39. The molecule has 0 aliphatic heterocycles. The maximum absolute atomic E-state index is 6.20. The van der Waals surface area contributed by atoms with Crippen molar-refractivity contribution in [2.75, 3.05) is 19.4 Å². The fraction of sp³-hybridized carbons (Fsp3) is 0.158. The van der Waals surface area contributed by atoms with E-state index in [1.54, 1.807) is 0 Å². The van der Waals surface area contributed by atoms with Crippen LogP contribution in [0.4, 0.5) is 5.69 Å². The monoisotopic (exact) mass is 310 g/mol. The molecule has 3 rings (SSSR count). The summed E-state index contributed by atoms with van der Waals surface area (Å²) in [7, 11) is 3.90. The highest BCUT2D eigenvalue weighted by Crippen LogP contribution is 2.31. The zero-order valence-corrected chi connectivity index (χ0v) is 13.5. The summed E-state index contributed by atoms with van der Waals surface area (Å²) in [6.07, 6.45) is 0. The molecule has 2 N–H and O–H groups in total. The van der Waals surface area contributed by atoms with Crippen molar-refractivity contribution < 1.29 is 0 Å². The van der Waals surface area contributed by atoms with E-state index >= 15 is 0 Å². The molecule has 0 aromatic heterocycles. The molecule has 0 unspecified atom stereocenters. The molecule has 3 heteroatoms. The SMILES string of the molecule is CNc1ccc(Cl)cc1[C@H](NC)c1ccc2ccccc2c1. The maximum atomic E-state index is 6.20. The average molecular weight is 311 g/mol. The second-order valence-electron chi connectivity index (χ2n) is 5.31. The number of rotatable bonds is 4. The Labute approximate surface area is 136 Å². The first-order valence-corrected chi connectivity index (χ1v) is 7.74. The summed E-state index contributed by atoms with van der Waals surface area (Å²) in [4.78, 5) is 0. The molecule has 22 heavy (non-hydrogen) atoms. The fourth-order valence-corrected chi connectivity index (χ4v) is 3.07. The van der Waals surface area contributed by atoms with Gasteiger partial charge in [0.25, 0.3) is 0 Å². The minimum absolute atomic E-state index is 0.0887. The fourth-order valence-electron chi connectivity index (χ4n) is 2.89. The summed E-state index contributed by atoms with van der Waals surface area (Å²) in [6, 6.07) is 21.0. The van der Waals surface area contributed by atoms with E-state index < -0.39 is 0 Å². The van der Waals surface area contributed by atoms with Gasteiger partial charge in [0, 0.05) is 17.8 Å². The Morgan fingerprint density at radius 3 is 2.36 bits per heavy atom. The molecule has 0 saturated heterocycles. The molecule has 0 bridgehead atoms. The highest BCUT2D eigenvalue weighted by molar-refractivity contribution is 6.30. The molecule has 3 aromatic carbocycles. The molecule has 0 saturated carbocycles. The minimum Gasteiger partial charge on any atom is -0.388 e. The summed E-state index contributed by atoms with van der Waals surface area (Å²) in [5, 5.41) is 9.89. The third-order valence-corrected chi connectivity index (χ3v) is 4.22. The molecule has 2 nitrogen and oxygen atoms in total. The summed E-state index contributed by atoms with van der Waals surface area (Å²) in [5.74, 6) is 0. The molecular weight excluding hydrogens is 292 g/mol. The number of hydrogen-bond donors (Lipinski definition) is 2. The molecule has 0 aliphatic carbocycles. The summed E-state index contributed by atoms with van der Waals surface area (Å²) in [5.41, 5.74) is 3.45. The van der Waals surface area contributed by atoms with Gasteiger partial charge in [-0.15, -0.1) is 0 Å². The number of fused-ring (bicyclic) bond motifs is 1. The zero-order chi connectivity index (χ0) is 15.5. The van der Waals surface area contributed by atoms with Crippen molar-refractivity contribution in [3.8, 4) is 0 Å². The van der Waals surface area contributed by atoms with E-state index in [9.17, 15) is 0 Å².